The van der Waals surface area contributed by atoms with Crippen molar-refractivity contribution in [1.82, 2.24) is 4.90 Å². The van der Waals surface area contributed by atoms with E-state index in [1.807, 2.05) is 0 Å². The largest absolute Gasteiger partial charge is 0.481 e. The molecule has 5 nitrogen and oxygen atoms in total. The summed E-state index contributed by atoms with van der Waals surface area (Å²) < 4.78 is 19.3. The topological polar surface area (TPSA) is 66.8 Å². The number of rotatable bonds is 3. The molecule has 1 amide bonds. The first kappa shape index (κ1) is 14.0. The Morgan fingerprint density at radius 2 is 2.05 bits per heavy atom. The predicted molar refractivity (Wildman–Crippen MR) is 70.9 cm³/mol. The summed E-state index contributed by atoms with van der Waals surface area (Å²) in [5.41, 5.74) is 0.431. The van der Waals surface area contributed by atoms with Crippen LogP contribution in [0.1, 0.15) is 18.1 Å². The Morgan fingerprint density at radius 1 is 1.29 bits per heavy atom. The third-order valence-corrected chi connectivity index (χ3v) is 4.06. The van der Waals surface area contributed by atoms with Gasteiger partial charge in [-0.15, -0.1) is 0 Å². The molecule has 2 fully saturated rings. The smallest absolute Gasteiger partial charge is 0.307 e. The highest BCUT2D eigenvalue weighted by Crippen LogP contribution is 2.40. The summed E-state index contributed by atoms with van der Waals surface area (Å²) in [6, 6.07) is 6.34. The number of carboxylic acids is 1. The number of halogens is 1. The van der Waals surface area contributed by atoms with E-state index in [0.717, 1.165) is 0 Å². The lowest BCUT2D eigenvalue weighted by Gasteiger charge is -2.33. The maximum absolute atomic E-state index is 13.8. The lowest BCUT2D eigenvalue weighted by molar-refractivity contribution is -0.145. The van der Waals surface area contributed by atoms with Crippen LogP contribution in [0.25, 0.3) is 0 Å². The number of ether oxygens (including phenoxy) is 1. The van der Waals surface area contributed by atoms with E-state index in [2.05, 4.69) is 0 Å². The van der Waals surface area contributed by atoms with Gasteiger partial charge in [-0.05, 0) is 12.5 Å². The Kier molecular flexibility index (Phi) is 3.63. The van der Waals surface area contributed by atoms with E-state index in [-0.39, 0.29) is 18.3 Å². The fourth-order valence-electron chi connectivity index (χ4n) is 2.75. The monoisotopic (exact) mass is 293 g/mol. The second-order valence-corrected chi connectivity index (χ2v) is 5.45. The van der Waals surface area contributed by atoms with E-state index in [9.17, 15) is 14.0 Å². The van der Waals surface area contributed by atoms with Crippen LogP contribution >= 0.6 is 0 Å². The standard InChI is InChI=1S/C15H16FNO4/c16-12-4-2-1-3-9(12)13-8-17(5-6-21-13)14(18)10-7-11(10)15(19)20/h1-4,10-11,13H,5-8H2,(H,19,20)/t10-,11+,13+/m0/s1. The number of benzene rings is 1. The molecule has 1 aromatic carbocycles. The number of carbonyl (C=O) groups excluding carboxylic acids is 1. The van der Waals surface area contributed by atoms with Gasteiger partial charge in [-0.25, -0.2) is 4.39 Å². The van der Waals surface area contributed by atoms with Gasteiger partial charge in [-0.1, -0.05) is 18.2 Å². The van der Waals surface area contributed by atoms with E-state index in [1.165, 1.54) is 6.07 Å². The maximum Gasteiger partial charge on any atom is 0.307 e. The molecule has 6 heteroatoms. The zero-order valence-corrected chi connectivity index (χ0v) is 11.4. The molecule has 3 rings (SSSR count). The van der Waals surface area contributed by atoms with Crippen LogP contribution in [0.15, 0.2) is 24.3 Å². The van der Waals surface area contributed by atoms with E-state index in [1.54, 1.807) is 23.1 Å². The molecule has 1 aromatic rings. The highest BCUT2D eigenvalue weighted by Gasteiger charge is 2.50. The Morgan fingerprint density at radius 3 is 2.71 bits per heavy atom. The number of carbonyl (C=O) groups is 2. The van der Waals surface area contributed by atoms with Gasteiger partial charge >= 0.3 is 5.97 Å². The maximum atomic E-state index is 13.8. The van der Waals surface area contributed by atoms with Crippen LogP contribution in [0, 0.1) is 17.7 Å². The van der Waals surface area contributed by atoms with Crippen molar-refractivity contribution in [2.45, 2.75) is 12.5 Å². The molecule has 0 bridgehead atoms. The lowest BCUT2D eigenvalue weighted by Crippen LogP contribution is -2.43. The number of nitrogens with zero attached hydrogens (tertiary/aromatic N) is 1. The average molecular weight is 293 g/mol. The lowest BCUT2D eigenvalue weighted by atomic mass is 10.1. The van der Waals surface area contributed by atoms with Crippen LogP contribution < -0.4 is 0 Å². The summed E-state index contributed by atoms with van der Waals surface area (Å²) in [5, 5.41) is 8.89. The minimum atomic E-state index is -0.924. The minimum Gasteiger partial charge on any atom is -0.481 e. The first-order chi connectivity index (χ1) is 10.1. The molecule has 1 N–H and O–H groups in total. The number of aliphatic carboxylic acids is 1. The number of amides is 1. The molecule has 2 aliphatic rings. The van der Waals surface area contributed by atoms with E-state index >= 15 is 0 Å². The second kappa shape index (κ2) is 5.44. The van der Waals surface area contributed by atoms with Crippen LogP contribution in [0.4, 0.5) is 4.39 Å². The Hall–Kier alpha value is -1.95. The first-order valence-corrected chi connectivity index (χ1v) is 6.95. The molecule has 1 heterocycles. The van der Waals surface area contributed by atoms with Crippen molar-refractivity contribution >= 4 is 11.9 Å². The van der Waals surface area contributed by atoms with Gasteiger partial charge in [0, 0.05) is 12.1 Å². The van der Waals surface area contributed by atoms with Gasteiger partial charge in [0.1, 0.15) is 11.9 Å². The van der Waals surface area contributed by atoms with Crippen molar-refractivity contribution in [3.8, 4) is 0 Å². The van der Waals surface area contributed by atoms with Crippen molar-refractivity contribution in [2.75, 3.05) is 19.7 Å². The van der Waals surface area contributed by atoms with Gasteiger partial charge in [-0.2, -0.15) is 0 Å². The van der Waals surface area contributed by atoms with Gasteiger partial charge in [0.05, 0.1) is 25.0 Å². The molecule has 112 valence electrons. The van der Waals surface area contributed by atoms with Gasteiger partial charge in [0.25, 0.3) is 0 Å². The van der Waals surface area contributed by atoms with Gasteiger partial charge in [0.15, 0.2) is 0 Å². The molecule has 0 spiro atoms. The van der Waals surface area contributed by atoms with Crippen molar-refractivity contribution in [3.63, 3.8) is 0 Å². The Bertz CT molecular complexity index is 577. The van der Waals surface area contributed by atoms with Crippen LogP contribution in [0.3, 0.4) is 0 Å². The molecular formula is C15H16FNO4. The molecular weight excluding hydrogens is 277 g/mol. The number of hydrogen-bond donors (Lipinski definition) is 1. The molecule has 1 saturated carbocycles. The van der Waals surface area contributed by atoms with Gasteiger partial charge in [-0.3, -0.25) is 9.59 Å². The van der Waals surface area contributed by atoms with Gasteiger partial charge < -0.3 is 14.7 Å². The summed E-state index contributed by atoms with van der Waals surface area (Å²) in [7, 11) is 0. The zero-order valence-electron chi connectivity index (χ0n) is 11.4. The average Bonchev–Trinajstić information content (AvgIpc) is 3.28. The van der Waals surface area contributed by atoms with Crippen molar-refractivity contribution in [1.29, 1.82) is 0 Å². The molecule has 1 saturated heterocycles. The van der Waals surface area contributed by atoms with E-state index in [0.29, 0.717) is 25.1 Å². The zero-order chi connectivity index (χ0) is 15.0. The number of morpholine rings is 1. The normalized spacial score (nSPS) is 28.2. The predicted octanol–water partition coefficient (Wildman–Crippen LogP) is 1.45. The molecule has 21 heavy (non-hydrogen) atoms. The van der Waals surface area contributed by atoms with Crippen LogP contribution in [-0.4, -0.2) is 41.6 Å². The summed E-state index contributed by atoms with van der Waals surface area (Å²) in [4.78, 5) is 24.7. The van der Waals surface area contributed by atoms with Crippen molar-refractivity contribution in [2.24, 2.45) is 11.8 Å². The summed E-state index contributed by atoms with van der Waals surface area (Å²) in [6.45, 7) is 1.02. The van der Waals surface area contributed by atoms with Crippen LogP contribution in [0.5, 0.6) is 0 Å². The van der Waals surface area contributed by atoms with Gasteiger partial charge in [0.2, 0.25) is 5.91 Å². The summed E-state index contributed by atoms with van der Waals surface area (Å²) >= 11 is 0. The number of carboxylic acid groups (broad SMARTS) is 1. The van der Waals surface area contributed by atoms with Crippen LogP contribution in [-0.2, 0) is 14.3 Å². The molecule has 3 atom stereocenters. The van der Waals surface area contributed by atoms with E-state index < -0.39 is 23.9 Å². The fraction of sp³-hybridized carbons (Fsp3) is 0.467. The Labute approximate surface area is 121 Å². The fourth-order valence-corrected chi connectivity index (χ4v) is 2.75. The third kappa shape index (κ3) is 2.76. The molecule has 0 radical (unpaired) electrons. The highest BCUT2D eigenvalue weighted by molar-refractivity contribution is 5.89. The molecule has 0 aromatic heterocycles. The Balaban J connectivity index is 1.68. The van der Waals surface area contributed by atoms with Crippen molar-refractivity contribution in [3.05, 3.63) is 35.6 Å². The molecule has 0 unspecified atom stereocenters. The number of hydrogen-bond acceptors (Lipinski definition) is 3. The van der Waals surface area contributed by atoms with Crippen LogP contribution in [0.2, 0.25) is 0 Å². The minimum absolute atomic E-state index is 0.160. The quantitative estimate of drug-likeness (QED) is 0.916. The van der Waals surface area contributed by atoms with E-state index in [4.69, 9.17) is 9.84 Å². The first-order valence-electron chi connectivity index (χ1n) is 6.95. The van der Waals surface area contributed by atoms with Crippen molar-refractivity contribution < 1.29 is 23.8 Å². The highest BCUT2D eigenvalue weighted by atomic mass is 19.1. The molecule has 1 aliphatic carbocycles. The summed E-state index contributed by atoms with van der Waals surface area (Å²) in [5.74, 6) is -2.43. The third-order valence-electron chi connectivity index (χ3n) is 4.06. The second-order valence-electron chi connectivity index (χ2n) is 5.45. The summed E-state index contributed by atoms with van der Waals surface area (Å²) in [6.07, 6.45) is -0.0958. The SMILES string of the molecule is O=C(O)[C@@H]1C[C@@H]1C(=O)N1CCO[C@@H](c2ccccc2F)C1. The molecule has 1 aliphatic heterocycles.